The fourth-order valence-corrected chi connectivity index (χ4v) is 7.74. The standard InChI is InChI=1S/C40H27B3O5/c41-34-31(37(44)33-32(35(34)42)39(46)40(47)36(43)38(33)45)30-24-11-5-3-9-22(24)29(23-10-4-6-12-25(23)30)20-13-14-21-26-15-18-7-1-2-8-19(18)16-28(26)48-27(21)17-20/h1-17,44-47H,41-43H2. The molecule has 48 heavy (non-hydrogen) atoms. The lowest BCUT2D eigenvalue weighted by Gasteiger charge is -2.23. The summed E-state index contributed by atoms with van der Waals surface area (Å²) in [5.74, 6) is -1.17. The molecule has 1 aromatic heterocycles. The zero-order valence-electron chi connectivity index (χ0n) is 26.5. The van der Waals surface area contributed by atoms with E-state index < -0.39 is 5.75 Å². The summed E-state index contributed by atoms with van der Waals surface area (Å²) in [6.07, 6.45) is 0. The Kier molecular flexibility index (Phi) is 5.88. The van der Waals surface area contributed by atoms with Gasteiger partial charge in [0.05, 0.1) is 5.39 Å². The lowest BCUT2D eigenvalue weighted by molar-refractivity contribution is 0.406. The van der Waals surface area contributed by atoms with E-state index >= 15 is 0 Å². The van der Waals surface area contributed by atoms with Gasteiger partial charge in [0.1, 0.15) is 46.2 Å². The molecule has 0 aliphatic heterocycles. The molecule has 0 radical (unpaired) electrons. The number of hydrogen-bond donors (Lipinski definition) is 4. The number of fused-ring (bicyclic) bond motifs is 7. The number of hydrogen-bond acceptors (Lipinski definition) is 5. The van der Waals surface area contributed by atoms with Gasteiger partial charge in [-0.25, -0.2) is 0 Å². The van der Waals surface area contributed by atoms with E-state index in [1.54, 1.807) is 0 Å². The molecule has 0 spiro atoms. The van der Waals surface area contributed by atoms with Crippen molar-refractivity contribution in [3.05, 3.63) is 103 Å². The molecule has 226 valence electrons. The van der Waals surface area contributed by atoms with Gasteiger partial charge >= 0.3 is 0 Å². The van der Waals surface area contributed by atoms with Crippen molar-refractivity contribution in [3.63, 3.8) is 0 Å². The van der Waals surface area contributed by atoms with Crippen LogP contribution in [0.25, 0.3) is 87.3 Å². The largest absolute Gasteiger partial charge is 0.508 e. The van der Waals surface area contributed by atoms with E-state index in [0.717, 1.165) is 71.0 Å². The number of aromatic hydroxyl groups is 4. The summed E-state index contributed by atoms with van der Waals surface area (Å²) in [6, 6.07) is 35.3. The highest BCUT2D eigenvalue weighted by atomic mass is 16.3. The summed E-state index contributed by atoms with van der Waals surface area (Å²) < 4.78 is 6.47. The summed E-state index contributed by atoms with van der Waals surface area (Å²) in [4.78, 5) is 0. The quantitative estimate of drug-likeness (QED) is 0.0932. The van der Waals surface area contributed by atoms with Crippen molar-refractivity contribution < 1.29 is 24.8 Å². The van der Waals surface area contributed by atoms with Crippen molar-refractivity contribution in [2.45, 2.75) is 0 Å². The highest BCUT2D eigenvalue weighted by molar-refractivity contribution is 6.57. The van der Waals surface area contributed by atoms with Gasteiger partial charge in [-0.2, -0.15) is 0 Å². The zero-order chi connectivity index (χ0) is 33.0. The second-order valence-electron chi connectivity index (χ2n) is 12.7. The third-order valence-electron chi connectivity index (χ3n) is 10.3. The van der Waals surface area contributed by atoms with E-state index in [1.807, 2.05) is 52.1 Å². The van der Waals surface area contributed by atoms with Gasteiger partial charge in [-0.15, -0.1) is 0 Å². The van der Waals surface area contributed by atoms with Crippen molar-refractivity contribution in [1.29, 1.82) is 0 Å². The van der Waals surface area contributed by atoms with Crippen LogP contribution in [0.5, 0.6) is 23.0 Å². The summed E-state index contributed by atoms with van der Waals surface area (Å²) >= 11 is 0. The molecule has 8 aromatic carbocycles. The topological polar surface area (TPSA) is 94.1 Å². The van der Waals surface area contributed by atoms with E-state index in [0.29, 0.717) is 11.0 Å². The molecule has 0 fully saturated rings. The Morgan fingerprint density at radius 2 is 0.958 bits per heavy atom. The van der Waals surface area contributed by atoms with Crippen molar-refractivity contribution in [1.82, 2.24) is 0 Å². The molecule has 9 rings (SSSR count). The first-order chi connectivity index (χ1) is 23.2. The number of furan rings is 1. The molecule has 9 aromatic rings. The second-order valence-corrected chi connectivity index (χ2v) is 12.7. The third-order valence-corrected chi connectivity index (χ3v) is 10.3. The Morgan fingerprint density at radius 1 is 0.396 bits per heavy atom. The van der Waals surface area contributed by atoms with Crippen molar-refractivity contribution in [3.8, 4) is 45.3 Å². The highest BCUT2D eigenvalue weighted by Gasteiger charge is 2.27. The molecule has 1 heterocycles. The van der Waals surface area contributed by atoms with Crippen LogP contribution in [0, 0.1) is 0 Å². The van der Waals surface area contributed by atoms with Gasteiger partial charge in [0, 0.05) is 27.3 Å². The minimum Gasteiger partial charge on any atom is -0.508 e. The molecule has 0 saturated carbocycles. The summed E-state index contributed by atoms with van der Waals surface area (Å²) in [6.45, 7) is 0. The number of benzene rings is 8. The molecule has 0 atom stereocenters. The zero-order valence-corrected chi connectivity index (χ0v) is 26.5. The van der Waals surface area contributed by atoms with E-state index in [-0.39, 0.29) is 33.5 Å². The fraction of sp³-hybridized carbons (Fsp3) is 0. The summed E-state index contributed by atoms with van der Waals surface area (Å²) in [5.41, 5.74) is 6.60. The third kappa shape index (κ3) is 3.71. The maximum atomic E-state index is 12.0. The average molecular weight is 620 g/mol. The minimum atomic E-state index is -0.399. The number of phenols is 4. The van der Waals surface area contributed by atoms with Gasteiger partial charge < -0.3 is 24.8 Å². The predicted octanol–water partition coefficient (Wildman–Crippen LogP) is 5.13. The van der Waals surface area contributed by atoms with Crippen LogP contribution in [-0.4, -0.2) is 44.0 Å². The van der Waals surface area contributed by atoms with Crippen LogP contribution >= 0.6 is 0 Å². The van der Waals surface area contributed by atoms with Crippen LogP contribution < -0.4 is 16.4 Å². The monoisotopic (exact) mass is 620 g/mol. The SMILES string of the molecule is Bc1c(-c2c3ccccc3c(-c3ccc4c(c3)oc3cc5ccccc5cc34)c3ccccc23)c(O)c2c(O)c(B)c(O)c(O)c2c1B. The molecule has 0 bridgehead atoms. The van der Waals surface area contributed by atoms with Crippen LogP contribution in [0.2, 0.25) is 0 Å². The predicted molar refractivity (Wildman–Crippen MR) is 206 cm³/mol. The molecule has 4 N–H and O–H groups in total. The van der Waals surface area contributed by atoms with Gasteiger partial charge in [-0.3, -0.25) is 0 Å². The minimum absolute atomic E-state index is 0.101. The van der Waals surface area contributed by atoms with Gasteiger partial charge in [-0.1, -0.05) is 89.8 Å². The average Bonchev–Trinajstić information content (AvgIpc) is 3.46. The maximum absolute atomic E-state index is 12.0. The fourth-order valence-electron chi connectivity index (χ4n) is 7.74. The molecule has 0 aliphatic carbocycles. The second kappa shape index (κ2) is 10.00. The van der Waals surface area contributed by atoms with Crippen molar-refractivity contribution >= 4 is 105 Å². The van der Waals surface area contributed by atoms with Gasteiger partial charge in [0.15, 0.2) is 11.5 Å². The first kappa shape index (κ1) is 28.2. The molecular formula is C40H27B3O5. The molecular weight excluding hydrogens is 593 g/mol. The lowest BCUT2D eigenvalue weighted by Crippen LogP contribution is -2.29. The Morgan fingerprint density at radius 3 is 1.60 bits per heavy atom. The van der Waals surface area contributed by atoms with Crippen molar-refractivity contribution in [2.75, 3.05) is 0 Å². The van der Waals surface area contributed by atoms with Crippen LogP contribution in [-0.2, 0) is 0 Å². The lowest BCUT2D eigenvalue weighted by atomic mass is 9.70. The molecule has 8 heteroatoms. The summed E-state index contributed by atoms with van der Waals surface area (Å²) in [7, 11) is 5.24. The summed E-state index contributed by atoms with van der Waals surface area (Å²) in [5, 5.41) is 53.4. The maximum Gasteiger partial charge on any atom is 0.164 e. The number of phenolic OH excluding ortho intramolecular Hbond substituents is 4. The van der Waals surface area contributed by atoms with Crippen LogP contribution in [0.15, 0.2) is 108 Å². The Bertz CT molecular complexity index is 2820. The Balaban J connectivity index is 1.38. The Labute approximate surface area is 277 Å². The Hall–Kier alpha value is -6.01. The van der Waals surface area contributed by atoms with Crippen LogP contribution in [0.4, 0.5) is 0 Å². The smallest absolute Gasteiger partial charge is 0.164 e. The van der Waals surface area contributed by atoms with Gasteiger partial charge in [0.2, 0.25) is 0 Å². The van der Waals surface area contributed by atoms with Crippen LogP contribution in [0.1, 0.15) is 0 Å². The highest BCUT2D eigenvalue weighted by Crippen LogP contribution is 2.49. The molecule has 0 unspecified atom stereocenters. The van der Waals surface area contributed by atoms with E-state index in [1.165, 1.54) is 13.2 Å². The van der Waals surface area contributed by atoms with E-state index in [9.17, 15) is 20.4 Å². The number of rotatable bonds is 2. The normalized spacial score (nSPS) is 11.9. The van der Waals surface area contributed by atoms with Gasteiger partial charge in [0.25, 0.3) is 0 Å². The first-order valence-electron chi connectivity index (χ1n) is 15.9. The molecule has 0 amide bonds. The van der Waals surface area contributed by atoms with E-state index in [4.69, 9.17) is 4.42 Å². The molecule has 5 nitrogen and oxygen atoms in total. The van der Waals surface area contributed by atoms with E-state index in [2.05, 4.69) is 66.7 Å². The molecule has 0 saturated heterocycles. The van der Waals surface area contributed by atoms with Crippen molar-refractivity contribution in [2.24, 2.45) is 0 Å². The molecule has 0 aliphatic rings. The van der Waals surface area contributed by atoms with Crippen LogP contribution in [0.3, 0.4) is 0 Å². The van der Waals surface area contributed by atoms with Gasteiger partial charge in [-0.05, 0) is 73.2 Å². The first-order valence-corrected chi connectivity index (χ1v) is 15.9.